The zero-order chi connectivity index (χ0) is 13.4. The Bertz CT molecular complexity index is 631. The molecule has 1 aliphatic carbocycles. The van der Waals surface area contributed by atoms with E-state index >= 15 is 0 Å². The fourth-order valence-electron chi connectivity index (χ4n) is 2.22. The summed E-state index contributed by atoms with van der Waals surface area (Å²) in [7, 11) is 0. The molecule has 1 aromatic heterocycles. The maximum atomic E-state index is 13.6. The molecule has 1 N–H and O–H groups in total. The number of carbonyl (C=O) groups is 1. The molecule has 3 rings (SSSR count). The van der Waals surface area contributed by atoms with E-state index in [1.807, 2.05) is 6.07 Å². The highest BCUT2D eigenvalue weighted by Gasteiger charge is 2.19. The molecule has 0 saturated heterocycles. The third-order valence-corrected chi connectivity index (χ3v) is 4.88. The Morgan fingerprint density at radius 1 is 1.32 bits per heavy atom. The maximum absolute atomic E-state index is 13.6. The molecule has 1 aliphatic rings. The third kappa shape index (κ3) is 2.58. The number of nitrogens with one attached hydrogen (secondary N) is 1. The molecule has 0 aliphatic heterocycles. The van der Waals surface area contributed by atoms with Gasteiger partial charge in [-0.1, -0.05) is 15.9 Å². The van der Waals surface area contributed by atoms with Crippen LogP contribution in [0.25, 0.3) is 0 Å². The second-order valence-electron chi connectivity index (χ2n) is 4.49. The van der Waals surface area contributed by atoms with Gasteiger partial charge in [0.15, 0.2) is 0 Å². The first-order valence-electron chi connectivity index (χ1n) is 6.01. The molecule has 0 saturated carbocycles. The van der Waals surface area contributed by atoms with Crippen molar-refractivity contribution < 1.29 is 9.18 Å². The number of benzene rings is 1. The first-order chi connectivity index (χ1) is 9.13. The number of amides is 1. The Balaban J connectivity index is 1.80. The largest absolute Gasteiger partial charge is 0.319 e. The second-order valence-corrected chi connectivity index (χ2v) is 6.54. The summed E-state index contributed by atoms with van der Waals surface area (Å²) in [6.45, 7) is 0. The molecule has 0 spiro atoms. The van der Waals surface area contributed by atoms with Crippen LogP contribution in [0, 0.1) is 5.82 Å². The first-order valence-corrected chi connectivity index (χ1v) is 7.62. The molecule has 0 unspecified atom stereocenters. The van der Waals surface area contributed by atoms with E-state index in [0.29, 0.717) is 9.35 Å². The quantitative estimate of drug-likeness (QED) is 0.863. The van der Waals surface area contributed by atoms with Crippen LogP contribution in [0.4, 0.5) is 10.1 Å². The minimum atomic E-state index is -0.438. The van der Waals surface area contributed by atoms with Gasteiger partial charge in [0.1, 0.15) is 5.82 Å². The van der Waals surface area contributed by atoms with Crippen molar-refractivity contribution in [2.75, 3.05) is 5.32 Å². The highest BCUT2D eigenvalue weighted by molar-refractivity contribution is 9.10. The number of thiophene rings is 1. The minimum absolute atomic E-state index is 0.210. The van der Waals surface area contributed by atoms with Gasteiger partial charge in [0.2, 0.25) is 0 Å². The van der Waals surface area contributed by atoms with Crippen LogP contribution >= 0.6 is 27.3 Å². The number of hydrogen-bond acceptors (Lipinski definition) is 2. The molecule has 0 bridgehead atoms. The molecule has 1 amide bonds. The summed E-state index contributed by atoms with van der Waals surface area (Å²) >= 11 is 4.70. The Hall–Kier alpha value is -1.20. The Morgan fingerprint density at radius 3 is 2.89 bits per heavy atom. The summed E-state index contributed by atoms with van der Waals surface area (Å²) in [5, 5.41) is 2.62. The SMILES string of the molecule is O=C(Nc1ccc(Br)cc1F)c1cc2c(s1)CCC2. The Morgan fingerprint density at radius 2 is 2.16 bits per heavy atom. The number of fused-ring (bicyclic) bond motifs is 1. The average molecular weight is 340 g/mol. The van der Waals surface area contributed by atoms with Gasteiger partial charge in [0.05, 0.1) is 10.6 Å². The van der Waals surface area contributed by atoms with Crippen molar-refractivity contribution in [3.63, 3.8) is 0 Å². The summed E-state index contributed by atoms with van der Waals surface area (Å²) in [5.41, 5.74) is 1.48. The summed E-state index contributed by atoms with van der Waals surface area (Å²) < 4.78 is 14.3. The number of anilines is 1. The van der Waals surface area contributed by atoms with E-state index in [1.165, 1.54) is 34.3 Å². The van der Waals surface area contributed by atoms with Crippen molar-refractivity contribution >= 4 is 38.9 Å². The molecule has 19 heavy (non-hydrogen) atoms. The van der Waals surface area contributed by atoms with Gasteiger partial charge in [0, 0.05) is 9.35 Å². The van der Waals surface area contributed by atoms with Crippen LogP contribution < -0.4 is 5.32 Å². The molecule has 98 valence electrons. The van der Waals surface area contributed by atoms with Crippen LogP contribution in [0.5, 0.6) is 0 Å². The molecule has 1 aromatic carbocycles. The highest BCUT2D eigenvalue weighted by Crippen LogP contribution is 2.31. The maximum Gasteiger partial charge on any atom is 0.265 e. The lowest BCUT2D eigenvalue weighted by atomic mass is 10.2. The molecular formula is C14H11BrFNOS. The third-order valence-electron chi connectivity index (χ3n) is 3.15. The van der Waals surface area contributed by atoms with Gasteiger partial charge in [0.25, 0.3) is 5.91 Å². The van der Waals surface area contributed by atoms with Crippen LogP contribution in [-0.2, 0) is 12.8 Å². The van der Waals surface area contributed by atoms with Gasteiger partial charge in [-0.2, -0.15) is 0 Å². The molecule has 1 heterocycles. The Labute approximate surface area is 122 Å². The first kappa shape index (κ1) is 12.8. The molecule has 0 fully saturated rings. The molecule has 2 aromatic rings. The van der Waals surface area contributed by atoms with Crippen LogP contribution in [0.2, 0.25) is 0 Å². The summed E-state index contributed by atoms with van der Waals surface area (Å²) in [6.07, 6.45) is 3.27. The van der Waals surface area contributed by atoms with Crippen molar-refractivity contribution in [2.45, 2.75) is 19.3 Å². The van der Waals surface area contributed by atoms with Crippen LogP contribution in [0.15, 0.2) is 28.7 Å². The predicted molar refractivity (Wildman–Crippen MR) is 78.4 cm³/mol. The summed E-state index contributed by atoms with van der Waals surface area (Å²) in [4.78, 5) is 14.0. The van der Waals surface area contributed by atoms with Crippen molar-refractivity contribution in [1.29, 1.82) is 0 Å². The van der Waals surface area contributed by atoms with Crippen LogP contribution in [-0.4, -0.2) is 5.91 Å². The number of carbonyl (C=O) groups excluding carboxylic acids is 1. The fraction of sp³-hybridized carbons (Fsp3) is 0.214. The minimum Gasteiger partial charge on any atom is -0.319 e. The zero-order valence-corrected chi connectivity index (χ0v) is 12.4. The van der Waals surface area contributed by atoms with Gasteiger partial charge in [-0.3, -0.25) is 4.79 Å². The number of hydrogen-bond donors (Lipinski definition) is 1. The summed E-state index contributed by atoms with van der Waals surface area (Å²) in [6, 6.07) is 6.52. The highest BCUT2D eigenvalue weighted by atomic mass is 79.9. The van der Waals surface area contributed by atoms with Crippen LogP contribution in [0.3, 0.4) is 0 Å². The van der Waals surface area contributed by atoms with Gasteiger partial charge in [-0.05, 0) is 49.1 Å². The van der Waals surface area contributed by atoms with Gasteiger partial charge in [-0.25, -0.2) is 4.39 Å². The van der Waals surface area contributed by atoms with E-state index in [-0.39, 0.29) is 11.6 Å². The van der Waals surface area contributed by atoms with Gasteiger partial charge >= 0.3 is 0 Å². The second kappa shape index (κ2) is 5.06. The standard InChI is InChI=1S/C14H11BrFNOS/c15-9-4-5-11(10(16)7-9)17-14(18)13-6-8-2-1-3-12(8)19-13/h4-7H,1-3H2,(H,17,18). The molecule has 0 radical (unpaired) electrons. The van der Waals surface area contributed by atoms with Gasteiger partial charge in [-0.15, -0.1) is 11.3 Å². The van der Waals surface area contributed by atoms with Crippen molar-refractivity contribution in [1.82, 2.24) is 0 Å². The van der Waals surface area contributed by atoms with E-state index in [9.17, 15) is 9.18 Å². The van der Waals surface area contributed by atoms with Crippen molar-refractivity contribution in [3.05, 3.63) is 49.9 Å². The smallest absolute Gasteiger partial charge is 0.265 e. The summed E-state index contributed by atoms with van der Waals surface area (Å²) in [5.74, 6) is -0.674. The van der Waals surface area contributed by atoms with Crippen molar-refractivity contribution in [3.8, 4) is 0 Å². The number of rotatable bonds is 2. The van der Waals surface area contributed by atoms with Crippen LogP contribution in [0.1, 0.15) is 26.5 Å². The normalized spacial score (nSPS) is 13.4. The van der Waals surface area contributed by atoms with Gasteiger partial charge < -0.3 is 5.32 Å². The molecule has 5 heteroatoms. The van der Waals surface area contributed by atoms with Crippen molar-refractivity contribution in [2.24, 2.45) is 0 Å². The number of aryl methyl sites for hydroxylation is 2. The Kier molecular flexibility index (Phi) is 3.41. The monoisotopic (exact) mass is 339 g/mol. The molecule has 0 atom stereocenters. The number of halogens is 2. The van der Waals surface area contributed by atoms with E-state index < -0.39 is 5.82 Å². The lowest BCUT2D eigenvalue weighted by molar-refractivity contribution is 0.103. The predicted octanol–water partition coefficient (Wildman–Crippen LogP) is 4.39. The van der Waals surface area contributed by atoms with E-state index in [4.69, 9.17) is 0 Å². The lowest BCUT2D eigenvalue weighted by Gasteiger charge is -2.05. The fourth-order valence-corrected chi connectivity index (χ4v) is 3.70. The lowest BCUT2D eigenvalue weighted by Crippen LogP contribution is -2.11. The topological polar surface area (TPSA) is 29.1 Å². The average Bonchev–Trinajstić information content (AvgIpc) is 2.93. The van der Waals surface area contributed by atoms with E-state index in [0.717, 1.165) is 12.8 Å². The van der Waals surface area contributed by atoms with E-state index in [1.54, 1.807) is 12.1 Å². The molecular weight excluding hydrogens is 329 g/mol. The van der Waals surface area contributed by atoms with E-state index in [2.05, 4.69) is 21.2 Å². The zero-order valence-electron chi connectivity index (χ0n) is 10.0. The molecule has 2 nitrogen and oxygen atoms in total.